The first-order valence-electron chi connectivity index (χ1n) is 7.15. The van der Waals surface area contributed by atoms with E-state index < -0.39 is 5.60 Å². The van der Waals surface area contributed by atoms with E-state index >= 15 is 0 Å². The molecule has 1 N–H and O–H groups in total. The molecule has 5 heteroatoms. The van der Waals surface area contributed by atoms with E-state index in [1.807, 2.05) is 5.38 Å². The summed E-state index contributed by atoms with van der Waals surface area (Å²) >= 11 is 1.68. The van der Waals surface area contributed by atoms with Crippen molar-refractivity contribution in [3.8, 4) is 0 Å². The summed E-state index contributed by atoms with van der Waals surface area (Å²) in [6.45, 7) is 9.21. The van der Waals surface area contributed by atoms with Crippen molar-refractivity contribution in [2.24, 2.45) is 0 Å². The maximum absolute atomic E-state index is 10.7. The van der Waals surface area contributed by atoms with Gasteiger partial charge in [0, 0.05) is 18.5 Å². The Morgan fingerprint density at radius 1 is 1.37 bits per heavy atom. The lowest BCUT2D eigenvalue weighted by Crippen LogP contribution is -2.41. The number of aromatic nitrogens is 1. The Labute approximate surface area is 120 Å². The van der Waals surface area contributed by atoms with Gasteiger partial charge in [-0.2, -0.15) is 0 Å². The lowest BCUT2D eigenvalue weighted by atomic mass is 9.89. The van der Waals surface area contributed by atoms with E-state index in [-0.39, 0.29) is 0 Å². The highest BCUT2D eigenvalue weighted by atomic mass is 32.1. The van der Waals surface area contributed by atoms with Gasteiger partial charge >= 0.3 is 0 Å². The zero-order valence-electron chi connectivity index (χ0n) is 12.2. The fourth-order valence-electron chi connectivity index (χ4n) is 2.48. The summed E-state index contributed by atoms with van der Waals surface area (Å²) in [5.41, 5.74) is 0.178. The van der Waals surface area contributed by atoms with Crippen molar-refractivity contribution in [2.45, 2.75) is 38.8 Å². The molecule has 1 aromatic rings. The Hall–Kier alpha value is -0.490. The first kappa shape index (κ1) is 14.9. The Morgan fingerprint density at radius 2 is 2.00 bits per heavy atom. The van der Waals surface area contributed by atoms with Crippen molar-refractivity contribution in [1.29, 1.82) is 0 Å². The van der Waals surface area contributed by atoms with Crippen LogP contribution in [-0.4, -0.2) is 53.1 Å². The minimum atomic E-state index is -0.704. The summed E-state index contributed by atoms with van der Waals surface area (Å²) in [6, 6.07) is 0. The van der Waals surface area contributed by atoms with Gasteiger partial charge in [0.2, 0.25) is 0 Å². The van der Waals surface area contributed by atoms with Crippen LogP contribution in [0.15, 0.2) is 5.38 Å². The number of thiazole rings is 1. The van der Waals surface area contributed by atoms with Gasteiger partial charge in [0.1, 0.15) is 10.6 Å². The number of nitrogens with zero attached hydrogens (tertiary/aromatic N) is 3. The van der Waals surface area contributed by atoms with E-state index in [0.29, 0.717) is 0 Å². The molecular formula is C14H25N3OS. The second kappa shape index (κ2) is 6.31. The highest BCUT2D eigenvalue weighted by molar-refractivity contribution is 7.09. The zero-order chi connectivity index (χ0) is 13.9. The van der Waals surface area contributed by atoms with Crippen molar-refractivity contribution < 1.29 is 5.11 Å². The van der Waals surface area contributed by atoms with Gasteiger partial charge in [-0.3, -0.25) is 4.90 Å². The van der Waals surface area contributed by atoms with E-state index in [1.54, 1.807) is 11.3 Å². The van der Waals surface area contributed by atoms with E-state index in [4.69, 9.17) is 0 Å². The summed E-state index contributed by atoms with van der Waals surface area (Å²) < 4.78 is 0. The maximum Gasteiger partial charge on any atom is 0.110 e. The van der Waals surface area contributed by atoms with E-state index in [1.165, 1.54) is 0 Å². The van der Waals surface area contributed by atoms with Crippen LogP contribution in [0.2, 0.25) is 0 Å². The van der Waals surface area contributed by atoms with Crippen LogP contribution in [0.3, 0.4) is 0 Å². The molecule has 108 valence electrons. The lowest BCUT2D eigenvalue weighted by molar-refractivity contribution is -0.0235. The maximum atomic E-state index is 10.7. The Kier molecular flexibility index (Phi) is 4.95. The van der Waals surface area contributed by atoms with Crippen molar-refractivity contribution >= 4 is 11.3 Å². The highest BCUT2D eigenvalue weighted by Gasteiger charge is 2.35. The van der Waals surface area contributed by atoms with Crippen LogP contribution in [0, 0.1) is 0 Å². The first-order valence-corrected chi connectivity index (χ1v) is 8.03. The zero-order valence-corrected chi connectivity index (χ0v) is 13.0. The second-order valence-corrected chi connectivity index (χ2v) is 6.37. The number of hydrogen-bond donors (Lipinski definition) is 1. The normalized spacial score (nSPS) is 20.1. The standard InChI is InChI=1S/C14H25N3OS/c1-4-17(5-2)10-13-15-12(11-19-13)14(18)6-8-16(3)9-7-14/h11,18H,4-10H2,1-3H3. The molecule has 1 aliphatic rings. The number of likely N-dealkylation sites (tertiary alicyclic amines) is 1. The van der Waals surface area contributed by atoms with Gasteiger partial charge in [0.05, 0.1) is 12.2 Å². The van der Waals surface area contributed by atoms with Gasteiger partial charge in [-0.05, 0) is 33.0 Å². The van der Waals surface area contributed by atoms with Crippen molar-refractivity contribution in [3.63, 3.8) is 0 Å². The van der Waals surface area contributed by atoms with Gasteiger partial charge in [0.15, 0.2) is 0 Å². The molecule has 0 aromatic carbocycles. The van der Waals surface area contributed by atoms with Gasteiger partial charge in [-0.1, -0.05) is 13.8 Å². The number of hydrogen-bond acceptors (Lipinski definition) is 5. The van der Waals surface area contributed by atoms with Crippen LogP contribution in [0.25, 0.3) is 0 Å². The average molecular weight is 283 g/mol. The fourth-order valence-corrected chi connectivity index (χ4v) is 3.41. The largest absolute Gasteiger partial charge is 0.383 e. The second-order valence-electron chi connectivity index (χ2n) is 5.42. The molecule has 0 spiro atoms. The summed E-state index contributed by atoms with van der Waals surface area (Å²) in [6.07, 6.45) is 1.58. The molecule has 2 heterocycles. The van der Waals surface area contributed by atoms with Crippen molar-refractivity contribution in [2.75, 3.05) is 33.2 Å². The Bertz CT molecular complexity index is 395. The van der Waals surface area contributed by atoms with E-state index in [9.17, 15) is 5.11 Å². The Balaban J connectivity index is 2.04. The third-order valence-electron chi connectivity index (χ3n) is 4.10. The van der Waals surface area contributed by atoms with Crippen molar-refractivity contribution in [3.05, 3.63) is 16.1 Å². The first-order chi connectivity index (χ1) is 9.07. The summed E-state index contributed by atoms with van der Waals surface area (Å²) in [7, 11) is 2.10. The van der Waals surface area contributed by atoms with Gasteiger partial charge in [-0.25, -0.2) is 4.98 Å². The molecule has 4 nitrogen and oxygen atoms in total. The van der Waals surface area contributed by atoms with E-state index in [2.05, 4.69) is 35.7 Å². The molecular weight excluding hydrogens is 258 g/mol. The Morgan fingerprint density at radius 3 is 2.58 bits per heavy atom. The van der Waals surface area contributed by atoms with Gasteiger partial charge < -0.3 is 10.0 Å². The third kappa shape index (κ3) is 3.54. The van der Waals surface area contributed by atoms with E-state index in [0.717, 1.165) is 56.3 Å². The highest BCUT2D eigenvalue weighted by Crippen LogP contribution is 2.33. The summed E-state index contributed by atoms with van der Waals surface area (Å²) in [4.78, 5) is 9.28. The SMILES string of the molecule is CCN(CC)Cc1nc(C2(O)CCN(C)CC2)cs1. The molecule has 0 amide bonds. The van der Waals surface area contributed by atoms with Crippen LogP contribution in [0.1, 0.15) is 37.4 Å². The fraction of sp³-hybridized carbons (Fsp3) is 0.786. The van der Waals surface area contributed by atoms with Gasteiger partial charge in [-0.15, -0.1) is 11.3 Å². The molecule has 0 radical (unpaired) electrons. The molecule has 19 heavy (non-hydrogen) atoms. The molecule has 0 atom stereocenters. The molecule has 0 unspecified atom stereocenters. The molecule has 1 fully saturated rings. The molecule has 0 saturated carbocycles. The van der Waals surface area contributed by atoms with Crippen molar-refractivity contribution in [1.82, 2.24) is 14.8 Å². The van der Waals surface area contributed by atoms with Crippen LogP contribution in [0.4, 0.5) is 0 Å². The molecule has 1 saturated heterocycles. The van der Waals surface area contributed by atoms with Crippen LogP contribution in [0.5, 0.6) is 0 Å². The topological polar surface area (TPSA) is 39.6 Å². The number of aliphatic hydroxyl groups is 1. The molecule has 1 aromatic heterocycles. The quantitative estimate of drug-likeness (QED) is 0.896. The molecule has 0 aliphatic carbocycles. The average Bonchev–Trinajstić information content (AvgIpc) is 2.89. The third-order valence-corrected chi connectivity index (χ3v) is 4.93. The minimum absolute atomic E-state index is 0.704. The monoisotopic (exact) mass is 283 g/mol. The molecule has 0 bridgehead atoms. The summed E-state index contributed by atoms with van der Waals surface area (Å²) in [5.74, 6) is 0. The smallest absolute Gasteiger partial charge is 0.110 e. The predicted molar refractivity (Wildman–Crippen MR) is 79.4 cm³/mol. The van der Waals surface area contributed by atoms with Crippen LogP contribution in [-0.2, 0) is 12.1 Å². The van der Waals surface area contributed by atoms with Crippen LogP contribution >= 0.6 is 11.3 Å². The van der Waals surface area contributed by atoms with Gasteiger partial charge in [0.25, 0.3) is 0 Å². The minimum Gasteiger partial charge on any atom is -0.383 e. The van der Waals surface area contributed by atoms with Crippen LogP contribution < -0.4 is 0 Å². The molecule has 2 rings (SSSR count). The number of piperidine rings is 1. The number of rotatable bonds is 5. The summed E-state index contributed by atoms with van der Waals surface area (Å²) in [5, 5.41) is 13.9. The molecule has 1 aliphatic heterocycles. The predicted octanol–water partition coefficient (Wildman–Crippen LogP) is 1.90. The lowest BCUT2D eigenvalue weighted by Gasteiger charge is -2.35.